The Kier molecular flexibility index (Phi) is 5.15. The number of carbonyl (C=O) groups excluding carboxylic acids is 1. The fraction of sp³-hybridized carbons (Fsp3) is 0.190. The SMILES string of the molecule is CC(C)n1nccc1C(=O)N(Cc1ccccc1)c1nc2c(Cl)cccc2s1. The van der Waals surface area contributed by atoms with E-state index in [1.165, 1.54) is 11.3 Å². The number of hydrogen-bond acceptors (Lipinski definition) is 4. The van der Waals surface area contributed by atoms with Gasteiger partial charge in [-0.3, -0.25) is 14.4 Å². The molecule has 0 unspecified atom stereocenters. The van der Waals surface area contributed by atoms with Gasteiger partial charge in [-0.1, -0.05) is 59.3 Å². The van der Waals surface area contributed by atoms with Crippen molar-refractivity contribution in [3.8, 4) is 0 Å². The molecular weight excluding hydrogens is 392 g/mol. The highest BCUT2D eigenvalue weighted by molar-refractivity contribution is 7.22. The van der Waals surface area contributed by atoms with Gasteiger partial charge in [0.15, 0.2) is 5.13 Å². The summed E-state index contributed by atoms with van der Waals surface area (Å²) in [6.45, 7) is 4.42. The highest BCUT2D eigenvalue weighted by atomic mass is 35.5. The van der Waals surface area contributed by atoms with Gasteiger partial charge in [0.25, 0.3) is 5.91 Å². The van der Waals surface area contributed by atoms with Gasteiger partial charge in [-0.15, -0.1) is 0 Å². The molecule has 142 valence electrons. The van der Waals surface area contributed by atoms with Gasteiger partial charge in [0, 0.05) is 12.2 Å². The number of anilines is 1. The summed E-state index contributed by atoms with van der Waals surface area (Å²) in [5.74, 6) is -0.134. The van der Waals surface area contributed by atoms with Crippen molar-refractivity contribution >= 4 is 44.2 Å². The van der Waals surface area contributed by atoms with Crippen LogP contribution in [-0.4, -0.2) is 20.7 Å². The van der Waals surface area contributed by atoms with Crippen molar-refractivity contribution in [1.29, 1.82) is 0 Å². The smallest absolute Gasteiger partial charge is 0.278 e. The molecule has 2 aromatic heterocycles. The Bertz CT molecular complexity index is 1120. The Hall–Kier alpha value is -2.70. The van der Waals surface area contributed by atoms with Crippen LogP contribution in [0.2, 0.25) is 5.02 Å². The lowest BCUT2D eigenvalue weighted by atomic mass is 10.2. The molecule has 4 rings (SSSR count). The molecule has 5 nitrogen and oxygen atoms in total. The average Bonchev–Trinajstić information content (AvgIpc) is 3.34. The van der Waals surface area contributed by atoms with Crippen LogP contribution in [0.25, 0.3) is 10.2 Å². The summed E-state index contributed by atoms with van der Waals surface area (Å²) < 4.78 is 2.69. The van der Waals surface area contributed by atoms with Gasteiger partial charge in [-0.05, 0) is 37.6 Å². The average molecular weight is 411 g/mol. The van der Waals surface area contributed by atoms with E-state index < -0.39 is 0 Å². The Morgan fingerprint density at radius 1 is 1.14 bits per heavy atom. The van der Waals surface area contributed by atoms with E-state index in [1.54, 1.807) is 21.8 Å². The van der Waals surface area contributed by atoms with Crippen molar-refractivity contribution in [3.63, 3.8) is 0 Å². The summed E-state index contributed by atoms with van der Waals surface area (Å²) in [6.07, 6.45) is 1.66. The number of benzene rings is 2. The predicted octanol–water partition coefficient (Wildman–Crippen LogP) is 5.57. The standard InChI is InChI=1S/C21H19ClN4OS/c1-14(2)26-17(11-12-23-26)20(27)25(13-15-7-4-3-5-8-15)21-24-19-16(22)9-6-10-18(19)28-21/h3-12,14H,13H2,1-2H3. The zero-order valence-electron chi connectivity index (χ0n) is 15.5. The van der Waals surface area contributed by atoms with Crippen molar-refractivity contribution in [2.45, 2.75) is 26.4 Å². The molecule has 2 heterocycles. The molecule has 1 amide bonds. The normalized spacial score (nSPS) is 11.3. The molecule has 0 spiro atoms. The number of fused-ring (bicyclic) bond motifs is 1. The van der Waals surface area contributed by atoms with Crippen LogP contribution in [-0.2, 0) is 6.54 Å². The Balaban J connectivity index is 1.80. The summed E-state index contributed by atoms with van der Waals surface area (Å²) in [5.41, 5.74) is 2.28. The van der Waals surface area contributed by atoms with E-state index in [2.05, 4.69) is 10.1 Å². The number of thiazole rings is 1. The number of para-hydroxylation sites is 1. The second kappa shape index (κ2) is 7.73. The minimum absolute atomic E-state index is 0.0809. The van der Waals surface area contributed by atoms with E-state index in [1.807, 2.05) is 62.4 Å². The third kappa shape index (κ3) is 3.53. The molecule has 2 aromatic carbocycles. The Labute approximate surface area is 172 Å². The summed E-state index contributed by atoms with van der Waals surface area (Å²) in [6, 6.07) is 17.4. The lowest BCUT2D eigenvalue weighted by Gasteiger charge is -2.21. The highest BCUT2D eigenvalue weighted by Crippen LogP contribution is 2.34. The van der Waals surface area contributed by atoms with Gasteiger partial charge in [0.2, 0.25) is 0 Å². The van der Waals surface area contributed by atoms with Crippen molar-refractivity contribution in [3.05, 3.63) is 77.1 Å². The Morgan fingerprint density at radius 2 is 1.93 bits per heavy atom. The largest absolute Gasteiger partial charge is 0.278 e. The van der Waals surface area contributed by atoms with Crippen molar-refractivity contribution in [2.24, 2.45) is 0 Å². The van der Waals surface area contributed by atoms with Crippen LogP contribution in [0.4, 0.5) is 5.13 Å². The van der Waals surface area contributed by atoms with Crippen LogP contribution in [0.5, 0.6) is 0 Å². The number of carbonyl (C=O) groups is 1. The molecule has 7 heteroatoms. The maximum Gasteiger partial charge on any atom is 0.278 e. The van der Waals surface area contributed by atoms with Crippen molar-refractivity contribution < 1.29 is 4.79 Å². The molecule has 0 bridgehead atoms. The number of aromatic nitrogens is 3. The lowest BCUT2D eigenvalue weighted by molar-refractivity contribution is 0.0973. The number of hydrogen-bond donors (Lipinski definition) is 0. The minimum Gasteiger partial charge on any atom is -0.278 e. The third-order valence-corrected chi connectivity index (χ3v) is 5.75. The molecule has 28 heavy (non-hydrogen) atoms. The summed E-state index contributed by atoms with van der Waals surface area (Å²) in [5, 5.41) is 5.51. The van der Waals surface area contributed by atoms with Gasteiger partial charge in [0.05, 0.1) is 16.3 Å². The van der Waals surface area contributed by atoms with Gasteiger partial charge in [0.1, 0.15) is 11.2 Å². The molecule has 4 aromatic rings. The van der Waals surface area contributed by atoms with Crippen LogP contribution < -0.4 is 4.90 Å². The third-order valence-electron chi connectivity index (χ3n) is 4.40. The first-order valence-corrected chi connectivity index (χ1v) is 10.2. The maximum atomic E-state index is 13.5. The topological polar surface area (TPSA) is 51.0 Å². The van der Waals surface area contributed by atoms with E-state index in [9.17, 15) is 4.79 Å². The first kappa shape index (κ1) is 18.7. The maximum absolute atomic E-state index is 13.5. The monoisotopic (exact) mass is 410 g/mol. The first-order valence-electron chi connectivity index (χ1n) is 8.99. The van der Waals surface area contributed by atoms with Gasteiger partial charge in [-0.2, -0.15) is 5.10 Å². The molecule has 0 saturated carbocycles. The number of rotatable bonds is 5. The summed E-state index contributed by atoms with van der Waals surface area (Å²) in [7, 11) is 0. The van der Waals surface area contributed by atoms with Gasteiger partial charge < -0.3 is 0 Å². The molecule has 0 aliphatic heterocycles. The van der Waals surface area contributed by atoms with E-state index in [0.29, 0.717) is 27.9 Å². The molecule has 0 N–H and O–H groups in total. The fourth-order valence-electron chi connectivity index (χ4n) is 3.04. The van der Waals surface area contributed by atoms with Gasteiger partial charge >= 0.3 is 0 Å². The van der Waals surface area contributed by atoms with Crippen LogP contribution in [0.15, 0.2) is 60.8 Å². The van der Waals surface area contributed by atoms with E-state index in [4.69, 9.17) is 11.6 Å². The second-order valence-electron chi connectivity index (χ2n) is 6.71. The van der Waals surface area contributed by atoms with Crippen LogP contribution in [0.1, 0.15) is 35.9 Å². The molecule has 0 saturated heterocycles. The molecular formula is C21H19ClN4OS. The number of amides is 1. The highest BCUT2D eigenvalue weighted by Gasteiger charge is 2.25. The number of halogens is 1. The van der Waals surface area contributed by atoms with Crippen LogP contribution in [0, 0.1) is 0 Å². The van der Waals surface area contributed by atoms with E-state index in [-0.39, 0.29) is 11.9 Å². The van der Waals surface area contributed by atoms with Crippen molar-refractivity contribution in [1.82, 2.24) is 14.8 Å². The summed E-state index contributed by atoms with van der Waals surface area (Å²) >= 11 is 7.77. The fourth-order valence-corrected chi connectivity index (χ4v) is 4.31. The Morgan fingerprint density at radius 3 is 2.64 bits per heavy atom. The zero-order valence-corrected chi connectivity index (χ0v) is 17.1. The van der Waals surface area contributed by atoms with E-state index in [0.717, 1.165) is 10.3 Å². The van der Waals surface area contributed by atoms with Gasteiger partial charge in [-0.25, -0.2) is 4.98 Å². The molecule has 0 radical (unpaired) electrons. The van der Waals surface area contributed by atoms with E-state index >= 15 is 0 Å². The van der Waals surface area contributed by atoms with Crippen LogP contribution in [0.3, 0.4) is 0 Å². The molecule has 0 fully saturated rings. The quantitative estimate of drug-likeness (QED) is 0.432. The zero-order chi connectivity index (χ0) is 19.7. The second-order valence-corrected chi connectivity index (χ2v) is 8.13. The molecule has 0 aliphatic rings. The first-order chi connectivity index (χ1) is 13.5. The van der Waals surface area contributed by atoms with Crippen molar-refractivity contribution in [2.75, 3.05) is 4.90 Å². The summed E-state index contributed by atoms with van der Waals surface area (Å²) in [4.78, 5) is 19.9. The number of nitrogens with zero attached hydrogens (tertiary/aromatic N) is 4. The van der Waals surface area contributed by atoms with Crippen LogP contribution >= 0.6 is 22.9 Å². The minimum atomic E-state index is -0.134. The lowest BCUT2D eigenvalue weighted by Crippen LogP contribution is -2.32. The predicted molar refractivity (Wildman–Crippen MR) is 114 cm³/mol. The molecule has 0 aliphatic carbocycles. The molecule has 0 atom stereocenters.